The van der Waals surface area contributed by atoms with E-state index in [1.807, 2.05) is 6.92 Å². The third kappa shape index (κ3) is 6.11. The fourth-order valence-corrected chi connectivity index (χ4v) is 5.57. The molecule has 0 radical (unpaired) electrons. The highest BCUT2D eigenvalue weighted by atomic mass is 35.5. The van der Waals surface area contributed by atoms with Crippen LogP contribution in [-0.4, -0.2) is 56.5 Å². The van der Waals surface area contributed by atoms with Crippen LogP contribution in [0.4, 0.5) is 5.69 Å². The monoisotopic (exact) mass is 494 g/mol. The number of benzene rings is 2. The van der Waals surface area contributed by atoms with Crippen LogP contribution in [0.15, 0.2) is 47.4 Å². The maximum absolute atomic E-state index is 13.2. The van der Waals surface area contributed by atoms with Crippen molar-refractivity contribution in [3.8, 4) is 0 Å². The normalized spacial score (nSPS) is 19.2. The van der Waals surface area contributed by atoms with Gasteiger partial charge in [-0.1, -0.05) is 18.5 Å². The number of hydrogen-bond donors (Lipinski definition) is 1. The second-order valence-electron chi connectivity index (χ2n) is 7.89. The molecule has 0 bridgehead atoms. The molecule has 1 amide bonds. The number of amides is 1. The molecule has 2 aromatic carbocycles. The molecule has 1 aliphatic heterocycles. The van der Waals surface area contributed by atoms with E-state index in [2.05, 4.69) is 5.32 Å². The predicted octanol–water partition coefficient (Wildman–Crippen LogP) is 3.96. The lowest BCUT2D eigenvalue weighted by atomic mass is 10.2. The van der Waals surface area contributed by atoms with Crippen LogP contribution in [0.2, 0.25) is 5.02 Å². The van der Waals surface area contributed by atoms with Crippen LogP contribution < -0.4 is 5.32 Å². The molecule has 10 heteroatoms. The number of nitrogens with one attached hydrogen (secondary N) is 1. The van der Waals surface area contributed by atoms with E-state index in [-0.39, 0.29) is 40.8 Å². The van der Waals surface area contributed by atoms with Crippen LogP contribution >= 0.6 is 11.6 Å². The van der Waals surface area contributed by atoms with E-state index in [0.29, 0.717) is 17.9 Å². The molecule has 1 N–H and O–H groups in total. The molecule has 2 unspecified atom stereocenters. The van der Waals surface area contributed by atoms with Gasteiger partial charge in [-0.05, 0) is 62.7 Å². The van der Waals surface area contributed by atoms with Gasteiger partial charge in [0, 0.05) is 24.3 Å². The Hall–Kier alpha value is -2.46. The lowest BCUT2D eigenvalue weighted by Gasteiger charge is -2.34. The number of sulfonamides is 1. The first kappa shape index (κ1) is 25.2. The third-order valence-corrected chi connectivity index (χ3v) is 7.33. The summed E-state index contributed by atoms with van der Waals surface area (Å²) in [5.41, 5.74) is 0.955. The van der Waals surface area contributed by atoms with Gasteiger partial charge in [-0.3, -0.25) is 4.79 Å². The van der Waals surface area contributed by atoms with Gasteiger partial charge in [0.25, 0.3) is 5.91 Å². The first-order valence-electron chi connectivity index (χ1n) is 10.7. The van der Waals surface area contributed by atoms with Crippen LogP contribution in [0.25, 0.3) is 0 Å². The number of halogens is 1. The molecule has 1 heterocycles. The average Bonchev–Trinajstić information content (AvgIpc) is 2.77. The van der Waals surface area contributed by atoms with E-state index < -0.39 is 21.9 Å². The van der Waals surface area contributed by atoms with Crippen LogP contribution in [-0.2, 0) is 19.5 Å². The van der Waals surface area contributed by atoms with E-state index in [1.165, 1.54) is 22.5 Å². The fourth-order valence-electron chi connectivity index (χ4n) is 3.48. The molecule has 0 saturated carbocycles. The molecule has 2 atom stereocenters. The zero-order valence-corrected chi connectivity index (χ0v) is 20.3. The molecule has 1 fully saturated rings. The van der Waals surface area contributed by atoms with Crippen molar-refractivity contribution in [1.82, 2.24) is 4.31 Å². The largest absolute Gasteiger partial charge is 0.462 e. The number of rotatable bonds is 7. The molecule has 178 valence electrons. The van der Waals surface area contributed by atoms with Crippen molar-refractivity contribution in [2.24, 2.45) is 0 Å². The minimum absolute atomic E-state index is 0.0355. The summed E-state index contributed by atoms with van der Waals surface area (Å²) in [4.78, 5) is 24.5. The van der Waals surface area contributed by atoms with Crippen molar-refractivity contribution in [2.75, 3.05) is 25.0 Å². The van der Waals surface area contributed by atoms with Crippen molar-refractivity contribution >= 4 is 39.2 Å². The molecule has 0 spiro atoms. The minimum Gasteiger partial charge on any atom is -0.462 e. The molecule has 3 rings (SSSR count). The van der Waals surface area contributed by atoms with Crippen LogP contribution in [0.3, 0.4) is 0 Å². The second kappa shape index (κ2) is 10.6. The van der Waals surface area contributed by atoms with Crippen LogP contribution in [0.5, 0.6) is 0 Å². The van der Waals surface area contributed by atoms with Crippen molar-refractivity contribution in [3.05, 3.63) is 58.6 Å². The Morgan fingerprint density at radius 1 is 1.09 bits per heavy atom. The van der Waals surface area contributed by atoms with Gasteiger partial charge in [-0.2, -0.15) is 4.31 Å². The number of carbonyl (C=O) groups excluding carboxylic acids is 2. The highest BCUT2D eigenvalue weighted by Gasteiger charge is 2.33. The summed E-state index contributed by atoms with van der Waals surface area (Å²) in [5, 5.41) is 2.73. The third-order valence-electron chi connectivity index (χ3n) is 5.01. The number of ether oxygens (including phenoxy) is 2. The summed E-state index contributed by atoms with van der Waals surface area (Å²) in [7, 11) is -3.92. The molecule has 1 aliphatic rings. The number of anilines is 1. The zero-order valence-electron chi connectivity index (χ0n) is 18.7. The first-order chi connectivity index (χ1) is 15.6. The minimum atomic E-state index is -3.92. The highest BCUT2D eigenvalue weighted by molar-refractivity contribution is 7.89. The molecule has 0 aromatic heterocycles. The van der Waals surface area contributed by atoms with E-state index in [0.717, 1.165) is 6.42 Å². The molecule has 8 nitrogen and oxygen atoms in total. The Bertz CT molecular complexity index is 1110. The average molecular weight is 495 g/mol. The molecular weight excluding hydrogens is 468 g/mol. The van der Waals surface area contributed by atoms with Gasteiger partial charge >= 0.3 is 5.97 Å². The summed E-state index contributed by atoms with van der Waals surface area (Å²) < 4.78 is 38.5. The predicted molar refractivity (Wildman–Crippen MR) is 125 cm³/mol. The Morgan fingerprint density at radius 2 is 1.70 bits per heavy atom. The highest BCUT2D eigenvalue weighted by Crippen LogP contribution is 2.28. The van der Waals surface area contributed by atoms with E-state index in [1.54, 1.807) is 38.1 Å². The van der Waals surface area contributed by atoms with Gasteiger partial charge in [0.15, 0.2) is 0 Å². The van der Waals surface area contributed by atoms with Crippen molar-refractivity contribution in [1.29, 1.82) is 0 Å². The number of carbonyl (C=O) groups is 2. The number of esters is 1. The molecule has 33 heavy (non-hydrogen) atoms. The Kier molecular flexibility index (Phi) is 8.12. The Balaban J connectivity index is 1.77. The van der Waals surface area contributed by atoms with E-state index in [9.17, 15) is 18.0 Å². The summed E-state index contributed by atoms with van der Waals surface area (Å²) in [6.45, 7) is 6.25. The number of morpholine rings is 1. The van der Waals surface area contributed by atoms with Crippen molar-refractivity contribution < 1.29 is 27.5 Å². The number of nitrogens with zero attached hydrogens (tertiary/aromatic N) is 1. The summed E-state index contributed by atoms with van der Waals surface area (Å²) >= 11 is 6.21. The lowest BCUT2D eigenvalue weighted by Crippen LogP contribution is -2.48. The van der Waals surface area contributed by atoms with Crippen LogP contribution in [0, 0.1) is 0 Å². The van der Waals surface area contributed by atoms with E-state index >= 15 is 0 Å². The van der Waals surface area contributed by atoms with Crippen LogP contribution in [0.1, 0.15) is 47.9 Å². The molecular formula is C23H27ClN2O6S. The van der Waals surface area contributed by atoms with Gasteiger partial charge in [0.2, 0.25) is 10.0 Å². The molecule has 1 saturated heterocycles. The Labute approximate surface area is 198 Å². The van der Waals surface area contributed by atoms with Gasteiger partial charge < -0.3 is 14.8 Å². The van der Waals surface area contributed by atoms with E-state index in [4.69, 9.17) is 21.1 Å². The summed E-state index contributed by atoms with van der Waals surface area (Å²) in [6.07, 6.45) is 0.217. The van der Waals surface area contributed by atoms with Gasteiger partial charge in [0.1, 0.15) is 4.90 Å². The number of hydrogen-bond acceptors (Lipinski definition) is 6. The van der Waals surface area contributed by atoms with Gasteiger partial charge in [0.05, 0.1) is 29.4 Å². The first-order valence-corrected chi connectivity index (χ1v) is 12.5. The van der Waals surface area contributed by atoms with Crippen molar-refractivity contribution in [2.45, 2.75) is 44.3 Å². The van der Waals surface area contributed by atoms with Gasteiger partial charge in [-0.15, -0.1) is 0 Å². The molecule has 2 aromatic rings. The fraction of sp³-hybridized carbons (Fsp3) is 0.391. The maximum atomic E-state index is 13.2. The molecule has 0 aliphatic carbocycles. The van der Waals surface area contributed by atoms with Crippen molar-refractivity contribution in [3.63, 3.8) is 0 Å². The standard InChI is InChI=1S/C23H27ClN2O6S/c1-4-11-31-23(28)17-5-8-19(9-6-17)25-22(27)18-7-10-20(24)21(12-18)33(29,30)26-13-15(2)32-16(3)14-26/h5-10,12,15-16H,4,11,13-14H2,1-3H3,(H,25,27). The topological polar surface area (TPSA) is 102 Å². The Morgan fingerprint density at radius 3 is 2.30 bits per heavy atom. The lowest BCUT2D eigenvalue weighted by molar-refractivity contribution is -0.0440. The second-order valence-corrected chi connectivity index (χ2v) is 10.2. The smallest absolute Gasteiger partial charge is 0.338 e. The quantitative estimate of drug-likeness (QED) is 0.584. The SMILES string of the molecule is CCCOC(=O)c1ccc(NC(=O)c2ccc(Cl)c(S(=O)(=O)N3CC(C)OC(C)C3)c2)cc1. The maximum Gasteiger partial charge on any atom is 0.338 e. The zero-order chi connectivity index (χ0) is 24.2. The van der Waals surface area contributed by atoms with Gasteiger partial charge in [-0.25, -0.2) is 13.2 Å². The summed E-state index contributed by atoms with van der Waals surface area (Å²) in [6, 6.07) is 10.4. The summed E-state index contributed by atoms with van der Waals surface area (Å²) in [5.74, 6) is -0.942.